The van der Waals surface area contributed by atoms with Gasteiger partial charge >= 0.3 is 5.97 Å². The quantitative estimate of drug-likeness (QED) is 0.846. The second kappa shape index (κ2) is 3.54. The van der Waals surface area contributed by atoms with Crippen LogP contribution in [0.5, 0.6) is 0 Å². The SMILES string of the molecule is Cc1cc(C(C)C)nc(C2(C(=O)O)CC2)n1. The predicted molar refractivity (Wildman–Crippen MR) is 59.4 cm³/mol. The molecule has 0 atom stereocenters. The first-order valence-corrected chi connectivity index (χ1v) is 5.55. The van der Waals surface area contributed by atoms with Crippen LogP contribution in [0.2, 0.25) is 0 Å². The van der Waals surface area contributed by atoms with Gasteiger partial charge < -0.3 is 5.11 Å². The lowest BCUT2D eigenvalue weighted by Gasteiger charge is -2.12. The molecule has 1 aromatic heterocycles. The zero-order chi connectivity index (χ0) is 11.9. The highest BCUT2D eigenvalue weighted by molar-refractivity contribution is 5.83. The third kappa shape index (κ3) is 1.68. The van der Waals surface area contributed by atoms with Gasteiger partial charge in [-0.25, -0.2) is 9.97 Å². The number of nitrogens with zero attached hydrogens (tertiary/aromatic N) is 2. The molecular weight excluding hydrogens is 204 g/mol. The normalized spacial score (nSPS) is 17.5. The lowest BCUT2D eigenvalue weighted by Crippen LogP contribution is -2.23. The Labute approximate surface area is 94.7 Å². The monoisotopic (exact) mass is 220 g/mol. The molecule has 86 valence electrons. The van der Waals surface area contributed by atoms with Crippen molar-refractivity contribution >= 4 is 5.97 Å². The Bertz CT molecular complexity index is 437. The summed E-state index contributed by atoms with van der Waals surface area (Å²) in [7, 11) is 0. The van der Waals surface area contributed by atoms with E-state index in [1.165, 1.54) is 0 Å². The van der Waals surface area contributed by atoms with Gasteiger partial charge in [0.25, 0.3) is 0 Å². The number of hydrogen-bond donors (Lipinski definition) is 1. The Morgan fingerprint density at radius 1 is 1.44 bits per heavy atom. The summed E-state index contributed by atoms with van der Waals surface area (Å²) >= 11 is 0. The summed E-state index contributed by atoms with van der Waals surface area (Å²) in [6.45, 7) is 5.98. The number of aliphatic carboxylic acids is 1. The number of aryl methyl sites for hydroxylation is 1. The third-order valence-corrected chi connectivity index (χ3v) is 3.05. The van der Waals surface area contributed by atoms with E-state index in [0.29, 0.717) is 24.6 Å². The first-order chi connectivity index (χ1) is 7.45. The van der Waals surface area contributed by atoms with Crippen molar-refractivity contribution in [3.63, 3.8) is 0 Å². The zero-order valence-electron chi connectivity index (χ0n) is 9.82. The molecule has 0 spiro atoms. The Hall–Kier alpha value is -1.45. The smallest absolute Gasteiger partial charge is 0.317 e. The molecule has 0 radical (unpaired) electrons. The molecule has 0 saturated heterocycles. The van der Waals surface area contributed by atoms with Crippen molar-refractivity contribution in [2.45, 2.75) is 44.9 Å². The molecule has 16 heavy (non-hydrogen) atoms. The minimum atomic E-state index is -0.798. The molecule has 0 aliphatic heterocycles. The summed E-state index contributed by atoms with van der Waals surface area (Å²) in [5, 5.41) is 9.20. The number of carboxylic acids is 1. The van der Waals surface area contributed by atoms with Gasteiger partial charge in [-0.15, -0.1) is 0 Å². The second-order valence-corrected chi connectivity index (χ2v) is 4.80. The number of carboxylic acid groups (broad SMARTS) is 1. The van der Waals surface area contributed by atoms with Gasteiger partial charge in [-0.05, 0) is 31.7 Å². The van der Waals surface area contributed by atoms with E-state index in [2.05, 4.69) is 9.97 Å². The molecule has 0 amide bonds. The molecular formula is C12H16N2O2. The van der Waals surface area contributed by atoms with Gasteiger partial charge in [-0.3, -0.25) is 4.79 Å². The molecule has 0 unspecified atom stereocenters. The maximum atomic E-state index is 11.2. The topological polar surface area (TPSA) is 63.1 Å². The van der Waals surface area contributed by atoms with E-state index in [9.17, 15) is 9.90 Å². The lowest BCUT2D eigenvalue weighted by atomic mass is 10.0. The van der Waals surface area contributed by atoms with Gasteiger partial charge in [0, 0.05) is 11.4 Å². The van der Waals surface area contributed by atoms with Gasteiger partial charge in [0.15, 0.2) is 0 Å². The molecule has 1 aliphatic rings. The molecule has 4 heteroatoms. The Morgan fingerprint density at radius 2 is 2.06 bits per heavy atom. The van der Waals surface area contributed by atoms with Crippen LogP contribution in [0.4, 0.5) is 0 Å². The number of aromatic nitrogens is 2. The molecule has 1 fully saturated rings. The summed E-state index contributed by atoms with van der Waals surface area (Å²) in [6, 6.07) is 1.92. The lowest BCUT2D eigenvalue weighted by molar-refractivity contribution is -0.140. The third-order valence-electron chi connectivity index (χ3n) is 3.05. The maximum absolute atomic E-state index is 11.2. The Balaban J connectivity index is 2.46. The maximum Gasteiger partial charge on any atom is 0.317 e. The van der Waals surface area contributed by atoms with Crippen molar-refractivity contribution < 1.29 is 9.90 Å². The van der Waals surface area contributed by atoms with Crippen molar-refractivity contribution in [1.82, 2.24) is 9.97 Å². The molecule has 0 bridgehead atoms. The Kier molecular flexibility index (Phi) is 2.45. The van der Waals surface area contributed by atoms with Crippen LogP contribution < -0.4 is 0 Å². The van der Waals surface area contributed by atoms with Gasteiger partial charge in [0.2, 0.25) is 0 Å². The fraction of sp³-hybridized carbons (Fsp3) is 0.583. The summed E-state index contributed by atoms with van der Waals surface area (Å²) in [5.41, 5.74) is 0.978. The molecule has 4 nitrogen and oxygen atoms in total. The van der Waals surface area contributed by atoms with E-state index in [4.69, 9.17) is 0 Å². The molecule has 1 saturated carbocycles. The molecule has 1 N–H and O–H groups in total. The van der Waals surface area contributed by atoms with Crippen LogP contribution in [0.3, 0.4) is 0 Å². The number of carbonyl (C=O) groups is 1. The first kappa shape index (κ1) is 11.0. The van der Waals surface area contributed by atoms with Gasteiger partial charge in [-0.1, -0.05) is 13.8 Å². The molecule has 1 aliphatic carbocycles. The van der Waals surface area contributed by atoms with Crippen molar-refractivity contribution in [3.8, 4) is 0 Å². The fourth-order valence-corrected chi connectivity index (χ4v) is 1.76. The highest BCUT2D eigenvalue weighted by atomic mass is 16.4. The molecule has 1 heterocycles. The van der Waals surface area contributed by atoms with E-state index in [1.807, 2.05) is 26.8 Å². The van der Waals surface area contributed by atoms with Crippen LogP contribution in [-0.2, 0) is 10.2 Å². The number of rotatable bonds is 3. The van der Waals surface area contributed by atoms with Gasteiger partial charge in [0.1, 0.15) is 11.2 Å². The summed E-state index contributed by atoms with van der Waals surface area (Å²) in [5.74, 6) is -0.0125. The van der Waals surface area contributed by atoms with Crippen LogP contribution in [0.15, 0.2) is 6.07 Å². The van der Waals surface area contributed by atoms with E-state index in [1.54, 1.807) is 0 Å². The van der Waals surface area contributed by atoms with Crippen molar-refractivity contribution in [2.75, 3.05) is 0 Å². The number of hydrogen-bond acceptors (Lipinski definition) is 3. The van der Waals surface area contributed by atoms with E-state index >= 15 is 0 Å². The van der Waals surface area contributed by atoms with Crippen molar-refractivity contribution in [3.05, 3.63) is 23.3 Å². The van der Waals surface area contributed by atoms with Crippen LogP contribution in [-0.4, -0.2) is 21.0 Å². The minimum absolute atomic E-state index is 0.296. The fourth-order valence-electron chi connectivity index (χ4n) is 1.76. The van der Waals surface area contributed by atoms with Crippen LogP contribution in [0.25, 0.3) is 0 Å². The largest absolute Gasteiger partial charge is 0.480 e. The van der Waals surface area contributed by atoms with Crippen LogP contribution in [0, 0.1) is 6.92 Å². The molecule has 0 aromatic carbocycles. The van der Waals surface area contributed by atoms with Crippen molar-refractivity contribution in [1.29, 1.82) is 0 Å². The first-order valence-electron chi connectivity index (χ1n) is 5.55. The summed E-state index contributed by atoms with van der Waals surface area (Å²) in [4.78, 5) is 19.9. The summed E-state index contributed by atoms with van der Waals surface area (Å²) in [6.07, 6.45) is 1.31. The van der Waals surface area contributed by atoms with Crippen molar-refractivity contribution in [2.24, 2.45) is 0 Å². The average Bonchev–Trinajstić information content (AvgIpc) is 2.97. The standard InChI is InChI=1S/C12H16N2O2/c1-7(2)9-6-8(3)13-10(14-9)12(4-5-12)11(15)16/h6-7H,4-5H2,1-3H3,(H,15,16). The van der Waals surface area contributed by atoms with E-state index in [-0.39, 0.29) is 0 Å². The van der Waals surface area contributed by atoms with Gasteiger partial charge in [0.05, 0.1) is 0 Å². The Morgan fingerprint density at radius 3 is 2.50 bits per heavy atom. The predicted octanol–water partition coefficient (Wildman–Crippen LogP) is 2.02. The van der Waals surface area contributed by atoms with Gasteiger partial charge in [-0.2, -0.15) is 0 Å². The summed E-state index contributed by atoms with van der Waals surface area (Å²) < 4.78 is 0. The van der Waals surface area contributed by atoms with Crippen LogP contribution in [0.1, 0.15) is 49.8 Å². The van der Waals surface area contributed by atoms with E-state index < -0.39 is 11.4 Å². The van der Waals surface area contributed by atoms with Crippen LogP contribution >= 0.6 is 0 Å². The molecule has 1 aromatic rings. The molecule has 2 rings (SSSR count). The second-order valence-electron chi connectivity index (χ2n) is 4.80. The zero-order valence-corrected chi connectivity index (χ0v) is 9.82. The highest BCUT2D eigenvalue weighted by Crippen LogP contribution is 2.47. The van der Waals surface area contributed by atoms with E-state index in [0.717, 1.165) is 11.4 Å². The average molecular weight is 220 g/mol. The minimum Gasteiger partial charge on any atom is -0.480 e. The highest BCUT2D eigenvalue weighted by Gasteiger charge is 2.54.